The molecule has 4 nitrogen and oxygen atoms in total. The van der Waals surface area contributed by atoms with E-state index in [0.717, 1.165) is 31.4 Å². The summed E-state index contributed by atoms with van der Waals surface area (Å²) in [6.07, 6.45) is 14.9. The Morgan fingerprint density at radius 1 is 0.795 bits per heavy atom. The third-order valence-corrected chi connectivity index (χ3v) is 7.00. The summed E-state index contributed by atoms with van der Waals surface area (Å²) in [4.78, 5) is 25.0. The summed E-state index contributed by atoms with van der Waals surface area (Å²) in [5.41, 5.74) is -2.29. The predicted molar refractivity (Wildman–Crippen MR) is 148 cm³/mol. The number of rotatable bonds is 21. The SMILES string of the molecule is CCCCCCCCCCCCCCCCCCOC(=O)C(NC(=O)c1cccc(C(F)(F)F)c1F)C(C)C. The fourth-order valence-electron chi connectivity index (χ4n) is 4.56. The molecule has 1 N–H and O–H groups in total. The third kappa shape index (κ3) is 14.7. The van der Waals surface area contributed by atoms with Gasteiger partial charge in [0.15, 0.2) is 0 Å². The molecule has 39 heavy (non-hydrogen) atoms. The van der Waals surface area contributed by atoms with Crippen LogP contribution in [0.2, 0.25) is 0 Å². The topological polar surface area (TPSA) is 55.4 Å². The first-order valence-electron chi connectivity index (χ1n) is 14.9. The van der Waals surface area contributed by atoms with Crippen LogP contribution < -0.4 is 5.32 Å². The van der Waals surface area contributed by atoms with E-state index in [-0.39, 0.29) is 12.5 Å². The standard InChI is InChI=1S/C31H49F4NO3/c1-4-5-6-7-8-9-10-11-12-13-14-15-16-17-18-19-23-39-30(38)28(24(2)3)36-29(37)25-21-20-22-26(27(25)32)31(33,34)35/h20-22,24,28H,4-19,23H2,1-3H3,(H,36,37). The van der Waals surface area contributed by atoms with Crippen molar-refractivity contribution in [3.8, 4) is 0 Å². The first kappa shape index (κ1) is 34.9. The van der Waals surface area contributed by atoms with Crippen LogP contribution >= 0.6 is 0 Å². The lowest BCUT2D eigenvalue weighted by Gasteiger charge is -2.21. The molecular formula is C31H49F4NO3. The Bertz CT molecular complexity index is 827. The average molecular weight is 560 g/mol. The van der Waals surface area contributed by atoms with Crippen molar-refractivity contribution in [2.75, 3.05) is 6.61 Å². The largest absolute Gasteiger partial charge is 0.464 e. The van der Waals surface area contributed by atoms with E-state index in [1.807, 2.05) is 0 Å². The predicted octanol–water partition coefficient (Wildman–Crippen LogP) is 9.40. The number of unbranched alkanes of at least 4 members (excludes halogenated alkanes) is 15. The quantitative estimate of drug-likeness (QED) is 0.0927. The highest BCUT2D eigenvalue weighted by Crippen LogP contribution is 2.32. The Hall–Kier alpha value is -2.12. The second kappa shape index (κ2) is 19.9. The summed E-state index contributed by atoms with van der Waals surface area (Å²) in [6, 6.07) is 1.39. The summed E-state index contributed by atoms with van der Waals surface area (Å²) in [5, 5.41) is 2.34. The molecule has 0 radical (unpaired) electrons. The van der Waals surface area contributed by atoms with Crippen LogP contribution in [0, 0.1) is 11.7 Å². The summed E-state index contributed by atoms with van der Waals surface area (Å²) >= 11 is 0. The van der Waals surface area contributed by atoms with Gasteiger partial charge in [0.2, 0.25) is 0 Å². The minimum atomic E-state index is -4.93. The van der Waals surface area contributed by atoms with Gasteiger partial charge in [0, 0.05) is 0 Å². The minimum absolute atomic E-state index is 0.203. The maximum atomic E-state index is 14.3. The molecule has 1 aromatic carbocycles. The number of carbonyl (C=O) groups excluding carboxylic acids is 2. The summed E-state index contributed by atoms with van der Waals surface area (Å²) in [7, 11) is 0. The average Bonchev–Trinajstić information content (AvgIpc) is 2.88. The van der Waals surface area contributed by atoms with Crippen LogP contribution in [0.1, 0.15) is 139 Å². The molecule has 1 amide bonds. The van der Waals surface area contributed by atoms with E-state index in [4.69, 9.17) is 4.74 Å². The molecule has 1 aromatic rings. The molecule has 0 saturated carbocycles. The number of hydrogen-bond donors (Lipinski definition) is 1. The van der Waals surface area contributed by atoms with Crippen LogP contribution in [-0.4, -0.2) is 24.5 Å². The van der Waals surface area contributed by atoms with Crippen LogP contribution in [0.4, 0.5) is 17.6 Å². The molecule has 1 atom stereocenters. The second-order valence-corrected chi connectivity index (χ2v) is 10.8. The van der Waals surface area contributed by atoms with E-state index < -0.39 is 41.0 Å². The van der Waals surface area contributed by atoms with Crippen LogP contribution in [0.15, 0.2) is 18.2 Å². The zero-order valence-corrected chi connectivity index (χ0v) is 24.1. The van der Waals surface area contributed by atoms with Gasteiger partial charge in [-0.25, -0.2) is 9.18 Å². The Kier molecular flexibility index (Phi) is 17.8. The number of halogens is 4. The van der Waals surface area contributed by atoms with E-state index in [1.165, 1.54) is 77.0 Å². The molecule has 0 bridgehead atoms. The van der Waals surface area contributed by atoms with Gasteiger partial charge in [-0.1, -0.05) is 123 Å². The molecule has 1 rings (SSSR count). The maximum Gasteiger partial charge on any atom is 0.419 e. The summed E-state index contributed by atoms with van der Waals surface area (Å²) in [5.74, 6) is -3.81. The molecular weight excluding hydrogens is 510 g/mol. The number of benzene rings is 1. The Morgan fingerprint density at radius 2 is 1.26 bits per heavy atom. The van der Waals surface area contributed by atoms with Gasteiger partial charge in [-0.05, 0) is 24.5 Å². The van der Waals surface area contributed by atoms with Crippen molar-refractivity contribution in [3.63, 3.8) is 0 Å². The fraction of sp³-hybridized carbons (Fsp3) is 0.742. The molecule has 0 aliphatic carbocycles. The normalized spacial score (nSPS) is 12.5. The van der Waals surface area contributed by atoms with E-state index in [2.05, 4.69) is 12.2 Å². The number of amides is 1. The molecule has 8 heteroatoms. The van der Waals surface area contributed by atoms with E-state index in [9.17, 15) is 27.2 Å². The molecule has 0 aliphatic rings. The lowest BCUT2D eigenvalue weighted by Crippen LogP contribution is -2.45. The molecule has 0 aromatic heterocycles. The smallest absolute Gasteiger partial charge is 0.419 e. The molecule has 0 spiro atoms. The monoisotopic (exact) mass is 559 g/mol. The van der Waals surface area contributed by atoms with Crippen molar-refractivity contribution in [3.05, 3.63) is 35.1 Å². The third-order valence-electron chi connectivity index (χ3n) is 7.00. The van der Waals surface area contributed by atoms with E-state index in [1.54, 1.807) is 13.8 Å². The Morgan fingerprint density at radius 3 is 1.69 bits per heavy atom. The Balaban J connectivity index is 2.20. The zero-order chi connectivity index (χ0) is 29.1. The van der Waals surface area contributed by atoms with Crippen molar-refractivity contribution in [2.24, 2.45) is 5.92 Å². The Labute approximate surface area is 232 Å². The minimum Gasteiger partial charge on any atom is -0.464 e. The van der Waals surface area contributed by atoms with Crippen molar-refractivity contribution in [2.45, 2.75) is 136 Å². The molecule has 0 saturated heterocycles. The number of nitrogens with one attached hydrogen (secondary N) is 1. The van der Waals surface area contributed by atoms with Gasteiger partial charge in [-0.2, -0.15) is 13.2 Å². The number of ether oxygens (including phenoxy) is 1. The molecule has 0 fully saturated rings. The first-order chi connectivity index (χ1) is 18.6. The van der Waals surface area contributed by atoms with Gasteiger partial charge in [0.25, 0.3) is 5.91 Å². The molecule has 0 heterocycles. The van der Waals surface area contributed by atoms with Crippen molar-refractivity contribution in [1.82, 2.24) is 5.32 Å². The van der Waals surface area contributed by atoms with Crippen LogP contribution in [0.5, 0.6) is 0 Å². The highest BCUT2D eigenvalue weighted by molar-refractivity contribution is 5.97. The van der Waals surface area contributed by atoms with Crippen molar-refractivity contribution in [1.29, 1.82) is 0 Å². The zero-order valence-electron chi connectivity index (χ0n) is 24.1. The number of hydrogen-bond acceptors (Lipinski definition) is 3. The van der Waals surface area contributed by atoms with Gasteiger partial charge in [0.05, 0.1) is 17.7 Å². The highest BCUT2D eigenvalue weighted by atomic mass is 19.4. The molecule has 1 unspecified atom stereocenters. The summed E-state index contributed by atoms with van der Waals surface area (Å²) < 4.78 is 58.5. The lowest BCUT2D eigenvalue weighted by molar-refractivity contribution is -0.147. The maximum absolute atomic E-state index is 14.3. The summed E-state index contributed by atoms with van der Waals surface area (Å²) in [6.45, 7) is 5.79. The highest BCUT2D eigenvalue weighted by Gasteiger charge is 2.36. The first-order valence-corrected chi connectivity index (χ1v) is 14.9. The van der Waals surface area contributed by atoms with Crippen molar-refractivity contribution < 1.29 is 31.9 Å². The van der Waals surface area contributed by atoms with Crippen LogP contribution in [-0.2, 0) is 15.7 Å². The number of carbonyl (C=O) groups is 2. The van der Waals surface area contributed by atoms with Crippen LogP contribution in [0.25, 0.3) is 0 Å². The van der Waals surface area contributed by atoms with Gasteiger partial charge < -0.3 is 10.1 Å². The van der Waals surface area contributed by atoms with Gasteiger partial charge in [-0.15, -0.1) is 0 Å². The van der Waals surface area contributed by atoms with E-state index >= 15 is 0 Å². The van der Waals surface area contributed by atoms with Gasteiger partial charge >= 0.3 is 12.1 Å². The second-order valence-electron chi connectivity index (χ2n) is 10.8. The van der Waals surface area contributed by atoms with Gasteiger partial charge in [-0.3, -0.25) is 4.79 Å². The molecule has 0 aliphatic heterocycles. The van der Waals surface area contributed by atoms with Gasteiger partial charge in [0.1, 0.15) is 11.9 Å². The van der Waals surface area contributed by atoms with E-state index in [0.29, 0.717) is 12.5 Å². The number of esters is 1. The molecule has 224 valence electrons. The fourth-order valence-corrected chi connectivity index (χ4v) is 4.56. The lowest BCUT2D eigenvalue weighted by atomic mass is 10.0. The van der Waals surface area contributed by atoms with Crippen molar-refractivity contribution >= 4 is 11.9 Å². The number of alkyl halides is 3. The van der Waals surface area contributed by atoms with Crippen LogP contribution in [0.3, 0.4) is 0 Å².